The number of rotatable bonds is 6. The predicted octanol–water partition coefficient (Wildman–Crippen LogP) is 2.48. The number of carbonyl (C=O) groups excluding carboxylic acids is 1. The van der Waals surface area contributed by atoms with Gasteiger partial charge in [0.15, 0.2) is 5.69 Å². The lowest BCUT2D eigenvalue weighted by atomic mass is 10.1. The van der Waals surface area contributed by atoms with E-state index >= 15 is 0 Å². The highest BCUT2D eigenvalue weighted by Crippen LogP contribution is 2.22. The summed E-state index contributed by atoms with van der Waals surface area (Å²) in [5.74, 6) is 0.706. The summed E-state index contributed by atoms with van der Waals surface area (Å²) in [5, 5.41) is 7.35. The average molecular weight is 374 g/mol. The van der Waals surface area contributed by atoms with Crippen LogP contribution in [-0.4, -0.2) is 57.2 Å². The van der Waals surface area contributed by atoms with Crippen molar-refractivity contribution in [3.05, 3.63) is 72.9 Å². The Balaban J connectivity index is 1.61. The van der Waals surface area contributed by atoms with Crippen molar-refractivity contribution in [3.8, 4) is 16.9 Å². The zero-order valence-electron chi connectivity index (χ0n) is 15.9. The summed E-state index contributed by atoms with van der Waals surface area (Å²) in [4.78, 5) is 18.4. The van der Waals surface area contributed by atoms with E-state index in [2.05, 4.69) is 38.1 Å². The molecular formula is C21H22N6O. The van der Waals surface area contributed by atoms with Crippen LogP contribution < -0.4 is 5.32 Å². The molecule has 7 nitrogen and oxygen atoms in total. The van der Waals surface area contributed by atoms with Gasteiger partial charge in [0.05, 0.1) is 0 Å². The second-order valence-corrected chi connectivity index (χ2v) is 6.84. The Labute approximate surface area is 163 Å². The summed E-state index contributed by atoms with van der Waals surface area (Å²) in [6, 6.07) is 13.9. The highest BCUT2D eigenvalue weighted by atomic mass is 16.1. The van der Waals surface area contributed by atoms with E-state index in [0.29, 0.717) is 12.2 Å². The van der Waals surface area contributed by atoms with E-state index in [4.69, 9.17) is 0 Å². The molecule has 4 rings (SSSR count). The monoisotopic (exact) mass is 374 g/mol. The SMILES string of the molecule is CN(C)CCNC(=O)c1ccn(-c2ccc3ccc(-c4ccncc4)cn23)n1. The number of fused-ring (bicyclic) bond motifs is 1. The molecule has 0 atom stereocenters. The van der Waals surface area contributed by atoms with Crippen LogP contribution in [0.5, 0.6) is 0 Å². The second-order valence-electron chi connectivity index (χ2n) is 6.84. The number of carbonyl (C=O) groups is 1. The maximum atomic E-state index is 12.3. The van der Waals surface area contributed by atoms with Crippen LogP contribution in [-0.2, 0) is 0 Å². The first-order chi connectivity index (χ1) is 13.6. The van der Waals surface area contributed by atoms with Gasteiger partial charge >= 0.3 is 0 Å². The summed E-state index contributed by atoms with van der Waals surface area (Å²) in [7, 11) is 3.94. The lowest BCUT2D eigenvalue weighted by Gasteiger charge is -2.09. The molecule has 4 aromatic rings. The minimum absolute atomic E-state index is 0.168. The number of amides is 1. The number of likely N-dealkylation sites (N-methyl/N-ethyl adjacent to an activating group) is 1. The largest absolute Gasteiger partial charge is 0.349 e. The van der Waals surface area contributed by atoms with Gasteiger partial charge in [-0.05, 0) is 61.6 Å². The van der Waals surface area contributed by atoms with Crippen molar-refractivity contribution in [1.82, 2.24) is 29.4 Å². The van der Waals surface area contributed by atoms with Gasteiger partial charge in [-0.1, -0.05) is 6.07 Å². The third-order valence-electron chi connectivity index (χ3n) is 4.54. The Bertz CT molecular complexity index is 1100. The summed E-state index contributed by atoms with van der Waals surface area (Å²) in [6.07, 6.45) is 7.44. The third kappa shape index (κ3) is 3.65. The first-order valence-electron chi connectivity index (χ1n) is 9.12. The van der Waals surface area contributed by atoms with Gasteiger partial charge in [0.1, 0.15) is 5.82 Å². The molecule has 0 radical (unpaired) electrons. The Hall–Kier alpha value is -3.45. The van der Waals surface area contributed by atoms with Crippen LogP contribution in [0.15, 0.2) is 67.3 Å². The third-order valence-corrected chi connectivity index (χ3v) is 4.54. The number of nitrogens with zero attached hydrogens (tertiary/aromatic N) is 5. The maximum absolute atomic E-state index is 12.3. The molecule has 1 amide bonds. The minimum Gasteiger partial charge on any atom is -0.349 e. The van der Waals surface area contributed by atoms with Crippen molar-refractivity contribution in [3.63, 3.8) is 0 Å². The number of aromatic nitrogens is 4. The van der Waals surface area contributed by atoms with Crippen molar-refractivity contribution in [2.24, 2.45) is 0 Å². The van der Waals surface area contributed by atoms with Gasteiger partial charge in [0.2, 0.25) is 0 Å². The molecule has 0 aliphatic carbocycles. The maximum Gasteiger partial charge on any atom is 0.271 e. The topological polar surface area (TPSA) is 67.5 Å². The fraction of sp³-hybridized carbons (Fsp3) is 0.190. The molecule has 1 N–H and O–H groups in total. The highest BCUT2D eigenvalue weighted by molar-refractivity contribution is 5.92. The molecule has 0 bridgehead atoms. The fourth-order valence-corrected chi connectivity index (χ4v) is 3.04. The Morgan fingerprint density at radius 1 is 1.04 bits per heavy atom. The van der Waals surface area contributed by atoms with Crippen LogP contribution in [0.1, 0.15) is 10.5 Å². The van der Waals surface area contributed by atoms with Crippen LogP contribution in [0, 0.1) is 0 Å². The van der Waals surface area contributed by atoms with Crippen LogP contribution in [0.3, 0.4) is 0 Å². The van der Waals surface area contributed by atoms with Crippen molar-refractivity contribution < 1.29 is 4.79 Å². The molecule has 28 heavy (non-hydrogen) atoms. The molecule has 0 saturated carbocycles. The quantitative estimate of drug-likeness (QED) is 0.563. The van der Waals surface area contributed by atoms with E-state index in [1.807, 2.05) is 49.5 Å². The zero-order valence-corrected chi connectivity index (χ0v) is 15.9. The summed E-state index contributed by atoms with van der Waals surface area (Å²) in [5.41, 5.74) is 3.64. The van der Waals surface area contributed by atoms with E-state index in [1.54, 1.807) is 23.1 Å². The van der Waals surface area contributed by atoms with E-state index in [0.717, 1.165) is 29.0 Å². The van der Waals surface area contributed by atoms with E-state index in [9.17, 15) is 4.79 Å². The molecule has 0 spiro atoms. The standard InChI is InChI=1S/C21H22N6O/c1-25(2)14-12-23-21(28)19-9-13-27(24-19)20-6-5-18-4-3-17(15-26(18)20)16-7-10-22-11-8-16/h3-11,13,15H,12,14H2,1-2H3,(H,23,28). The van der Waals surface area contributed by atoms with Crippen molar-refractivity contribution >= 4 is 11.4 Å². The lowest BCUT2D eigenvalue weighted by Crippen LogP contribution is -2.31. The number of nitrogens with one attached hydrogen (secondary N) is 1. The molecule has 0 aliphatic heterocycles. The second kappa shape index (κ2) is 7.66. The molecule has 7 heteroatoms. The minimum atomic E-state index is -0.168. The molecule has 4 aromatic heterocycles. The molecule has 0 saturated heterocycles. The van der Waals surface area contributed by atoms with Crippen molar-refractivity contribution in [1.29, 1.82) is 0 Å². The highest BCUT2D eigenvalue weighted by Gasteiger charge is 2.12. The molecule has 0 unspecified atom stereocenters. The van der Waals surface area contributed by atoms with Gasteiger partial charge < -0.3 is 14.6 Å². The summed E-state index contributed by atoms with van der Waals surface area (Å²) < 4.78 is 3.79. The normalized spacial score (nSPS) is 11.2. The number of pyridine rings is 2. The van der Waals surface area contributed by atoms with Crippen LogP contribution in [0.2, 0.25) is 0 Å². The van der Waals surface area contributed by atoms with Crippen LogP contribution in [0.25, 0.3) is 22.5 Å². The summed E-state index contributed by atoms with van der Waals surface area (Å²) in [6.45, 7) is 1.37. The van der Waals surface area contributed by atoms with Gasteiger partial charge in [0, 0.05) is 43.4 Å². The molecule has 0 fully saturated rings. The summed E-state index contributed by atoms with van der Waals surface area (Å²) >= 11 is 0. The van der Waals surface area contributed by atoms with Crippen molar-refractivity contribution in [2.45, 2.75) is 0 Å². The first-order valence-corrected chi connectivity index (χ1v) is 9.12. The molecular weight excluding hydrogens is 352 g/mol. The van der Waals surface area contributed by atoms with E-state index in [-0.39, 0.29) is 5.91 Å². The van der Waals surface area contributed by atoms with Crippen LogP contribution in [0.4, 0.5) is 0 Å². The van der Waals surface area contributed by atoms with Crippen molar-refractivity contribution in [2.75, 3.05) is 27.2 Å². The van der Waals surface area contributed by atoms with E-state index in [1.165, 1.54) is 0 Å². The van der Waals surface area contributed by atoms with Gasteiger partial charge in [-0.15, -0.1) is 0 Å². The predicted molar refractivity (Wildman–Crippen MR) is 109 cm³/mol. The number of hydrogen-bond donors (Lipinski definition) is 1. The molecule has 0 aliphatic rings. The average Bonchev–Trinajstić information content (AvgIpc) is 3.34. The van der Waals surface area contributed by atoms with Gasteiger partial charge in [-0.3, -0.25) is 9.78 Å². The van der Waals surface area contributed by atoms with Gasteiger partial charge in [0.25, 0.3) is 5.91 Å². The number of hydrogen-bond acceptors (Lipinski definition) is 4. The Kier molecular flexibility index (Phi) is 4.90. The first kappa shape index (κ1) is 17.9. The lowest BCUT2D eigenvalue weighted by molar-refractivity contribution is 0.0945. The molecule has 142 valence electrons. The zero-order chi connectivity index (χ0) is 19.5. The van der Waals surface area contributed by atoms with E-state index < -0.39 is 0 Å². The smallest absolute Gasteiger partial charge is 0.271 e. The Morgan fingerprint density at radius 3 is 2.61 bits per heavy atom. The fourth-order valence-electron chi connectivity index (χ4n) is 3.04. The van der Waals surface area contributed by atoms with Crippen LogP contribution >= 0.6 is 0 Å². The van der Waals surface area contributed by atoms with Gasteiger partial charge in [-0.25, -0.2) is 4.68 Å². The molecule has 4 heterocycles. The molecule has 0 aromatic carbocycles. The Morgan fingerprint density at radius 2 is 1.82 bits per heavy atom. The van der Waals surface area contributed by atoms with Gasteiger partial charge in [-0.2, -0.15) is 5.10 Å².